The quantitative estimate of drug-likeness (QED) is 0.670. The number of hydrogen-bond donors (Lipinski definition) is 1. The summed E-state index contributed by atoms with van der Waals surface area (Å²) in [6, 6.07) is 17.7. The van der Waals surface area contributed by atoms with E-state index in [1.165, 1.54) is 6.07 Å². The second kappa shape index (κ2) is 9.16. The predicted octanol–water partition coefficient (Wildman–Crippen LogP) is 4.29. The van der Waals surface area contributed by atoms with Crippen molar-refractivity contribution in [3.63, 3.8) is 0 Å². The van der Waals surface area contributed by atoms with Crippen LogP contribution >= 0.6 is 0 Å². The highest BCUT2D eigenvalue weighted by Gasteiger charge is 2.35. The Hall–Kier alpha value is -3.41. The summed E-state index contributed by atoms with van der Waals surface area (Å²) in [6.07, 6.45) is 2.16. The highest BCUT2D eigenvalue weighted by atomic mass is 19.1. The number of nitrogens with zero attached hydrogens (tertiary/aromatic N) is 1. The fraction of sp³-hybridized carbons (Fsp3) is 0.280. The van der Waals surface area contributed by atoms with E-state index in [9.17, 15) is 14.0 Å². The highest BCUT2D eigenvalue weighted by molar-refractivity contribution is 5.94. The summed E-state index contributed by atoms with van der Waals surface area (Å²) in [4.78, 5) is 27.8. The fourth-order valence-corrected chi connectivity index (χ4v) is 4.11. The molecule has 1 saturated heterocycles. The molecule has 5 nitrogen and oxygen atoms in total. The second-order valence-corrected chi connectivity index (χ2v) is 8.01. The Morgan fingerprint density at radius 3 is 2.61 bits per heavy atom. The SMILES string of the molecule is Cc1cc([C@@H]2C[C@H](C(=O)NCc3ccco3)CN(C(=O)c3ccccc3)C2)ccc1F. The number of piperidine rings is 1. The van der Waals surface area contributed by atoms with Crippen LogP contribution in [-0.4, -0.2) is 29.8 Å². The number of carbonyl (C=O) groups is 2. The molecule has 4 rings (SSSR count). The van der Waals surface area contributed by atoms with Gasteiger partial charge in [0.25, 0.3) is 5.91 Å². The monoisotopic (exact) mass is 420 g/mol. The van der Waals surface area contributed by atoms with Gasteiger partial charge in [-0.25, -0.2) is 4.39 Å². The van der Waals surface area contributed by atoms with Crippen molar-refractivity contribution in [1.29, 1.82) is 0 Å². The average Bonchev–Trinajstić information content (AvgIpc) is 3.33. The number of aryl methyl sites for hydroxylation is 1. The van der Waals surface area contributed by atoms with E-state index in [2.05, 4.69) is 5.32 Å². The number of furan rings is 1. The fourth-order valence-electron chi connectivity index (χ4n) is 4.11. The maximum absolute atomic E-state index is 13.8. The van der Waals surface area contributed by atoms with Crippen LogP contribution in [0.25, 0.3) is 0 Å². The Bertz CT molecular complexity index is 1050. The van der Waals surface area contributed by atoms with Gasteiger partial charge in [0.05, 0.1) is 18.7 Å². The molecule has 1 fully saturated rings. The number of carbonyl (C=O) groups excluding carboxylic acids is 2. The minimum Gasteiger partial charge on any atom is -0.467 e. The van der Waals surface area contributed by atoms with Crippen LogP contribution in [0.3, 0.4) is 0 Å². The molecule has 2 aromatic carbocycles. The number of amides is 2. The summed E-state index contributed by atoms with van der Waals surface area (Å²) < 4.78 is 19.1. The van der Waals surface area contributed by atoms with Crippen LogP contribution in [0.2, 0.25) is 0 Å². The molecule has 160 valence electrons. The van der Waals surface area contributed by atoms with Gasteiger partial charge in [-0.1, -0.05) is 30.3 Å². The molecule has 1 aliphatic rings. The van der Waals surface area contributed by atoms with Gasteiger partial charge in [0.1, 0.15) is 11.6 Å². The standard InChI is InChI=1S/C25H25FN2O3/c1-17-12-19(9-10-23(17)26)20-13-21(24(29)27-14-22-8-5-11-31-22)16-28(15-20)25(30)18-6-3-2-4-7-18/h2-12,20-21H,13-16H2,1H3,(H,27,29)/t20-,21+/m1/s1. The first-order chi connectivity index (χ1) is 15.0. The first-order valence-electron chi connectivity index (χ1n) is 10.4. The van der Waals surface area contributed by atoms with Crippen molar-refractivity contribution < 1.29 is 18.4 Å². The Labute approximate surface area is 180 Å². The minimum absolute atomic E-state index is 0.0555. The molecule has 1 aliphatic heterocycles. The molecular weight excluding hydrogens is 395 g/mol. The van der Waals surface area contributed by atoms with E-state index in [0.717, 1.165) is 5.56 Å². The van der Waals surface area contributed by atoms with Crippen molar-refractivity contribution in [3.8, 4) is 0 Å². The van der Waals surface area contributed by atoms with Crippen molar-refractivity contribution in [2.75, 3.05) is 13.1 Å². The van der Waals surface area contributed by atoms with Gasteiger partial charge in [0.15, 0.2) is 0 Å². The van der Waals surface area contributed by atoms with Gasteiger partial charge in [-0.15, -0.1) is 0 Å². The molecule has 2 amide bonds. The van der Waals surface area contributed by atoms with Crippen LogP contribution in [-0.2, 0) is 11.3 Å². The summed E-state index contributed by atoms with van der Waals surface area (Å²) in [7, 11) is 0. The largest absolute Gasteiger partial charge is 0.467 e. The first-order valence-corrected chi connectivity index (χ1v) is 10.4. The Morgan fingerprint density at radius 1 is 1.10 bits per heavy atom. The third-order valence-corrected chi connectivity index (χ3v) is 5.80. The zero-order valence-electron chi connectivity index (χ0n) is 17.4. The van der Waals surface area contributed by atoms with Gasteiger partial charge in [-0.2, -0.15) is 0 Å². The summed E-state index contributed by atoms with van der Waals surface area (Å²) in [5.74, 6) is -0.234. The number of halogens is 1. The maximum atomic E-state index is 13.8. The lowest BCUT2D eigenvalue weighted by molar-refractivity contribution is -0.126. The number of likely N-dealkylation sites (tertiary alicyclic amines) is 1. The van der Waals surface area contributed by atoms with Crippen LogP contribution in [0.5, 0.6) is 0 Å². The van der Waals surface area contributed by atoms with Crippen LogP contribution in [0.15, 0.2) is 71.3 Å². The van der Waals surface area contributed by atoms with E-state index in [-0.39, 0.29) is 29.5 Å². The number of hydrogen-bond acceptors (Lipinski definition) is 3. The zero-order chi connectivity index (χ0) is 21.8. The molecule has 0 spiro atoms. The molecule has 0 radical (unpaired) electrons. The topological polar surface area (TPSA) is 62.6 Å². The zero-order valence-corrected chi connectivity index (χ0v) is 17.4. The van der Waals surface area contributed by atoms with Crippen molar-refractivity contribution in [1.82, 2.24) is 10.2 Å². The molecule has 0 aliphatic carbocycles. The van der Waals surface area contributed by atoms with Gasteiger partial charge in [-0.3, -0.25) is 9.59 Å². The summed E-state index contributed by atoms with van der Waals surface area (Å²) in [5, 5.41) is 2.92. The summed E-state index contributed by atoms with van der Waals surface area (Å²) >= 11 is 0. The highest BCUT2D eigenvalue weighted by Crippen LogP contribution is 2.32. The lowest BCUT2D eigenvalue weighted by atomic mass is 9.83. The predicted molar refractivity (Wildman–Crippen MR) is 115 cm³/mol. The van der Waals surface area contributed by atoms with Gasteiger partial charge >= 0.3 is 0 Å². The van der Waals surface area contributed by atoms with Crippen LogP contribution < -0.4 is 5.32 Å². The van der Waals surface area contributed by atoms with E-state index in [1.807, 2.05) is 24.3 Å². The third-order valence-electron chi connectivity index (χ3n) is 5.80. The third kappa shape index (κ3) is 4.85. The molecule has 2 heterocycles. The minimum atomic E-state index is -0.369. The van der Waals surface area contributed by atoms with Gasteiger partial charge in [-0.05, 0) is 54.8 Å². The molecule has 31 heavy (non-hydrogen) atoms. The Balaban J connectivity index is 1.55. The van der Waals surface area contributed by atoms with Crippen LogP contribution in [0.1, 0.15) is 39.6 Å². The summed E-state index contributed by atoms with van der Waals surface area (Å²) in [5.41, 5.74) is 2.09. The molecule has 1 N–H and O–H groups in total. The molecule has 2 atom stereocenters. The second-order valence-electron chi connectivity index (χ2n) is 8.01. The Morgan fingerprint density at radius 2 is 1.90 bits per heavy atom. The van der Waals surface area contributed by atoms with Gasteiger partial charge in [0, 0.05) is 24.6 Å². The van der Waals surface area contributed by atoms with Gasteiger partial charge in [0.2, 0.25) is 5.91 Å². The Kier molecular flexibility index (Phi) is 6.16. The molecule has 0 unspecified atom stereocenters. The molecule has 3 aromatic rings. The molecule has 0 saturated carbocycles. The number of rotatable bonds is 5. The van der Waals surface area contributed by atoms with Crippen molar-refractivity contribution >= 4 is 11.8 Å². The van der Waals surface area contributed by atoms with E-state index in [1.54, 1.807) is 48.4 Å². The van der Waals surface area contributed by atoms with Crippen molar-refractivity contribution in [2.45, 2.75) is 25.8 Å². The van der Waals surface area contributed by atoms with Crippen molar-refractivity contribution in [3.05, 3.63) is 95.2 Å². The van der Waals surface area contributed by atoms with E-state index < -0.39 is 0 Å². The lowest BCUT2D eigenvalue weighted by Crippen LogP contribution is -2.48. The molecule has 1 aromatic heterocycles. The van der Waals surface area contributed by atoms with Crippen molar-refractivity contribution in [2.24, 2.45) is 5.92 Å². The maximum Gasteiger partial charge on any atom is 0.253 e. The molecule has 6 heteroatoms. The van der Waals surface area contributed by atoms with E-state index in [0.29, 0.717) is 42.9 Å². The van der Waals surface area contributed by atoms with Gasteiger partial charge < -0.3 is 14.6 Å². The number of nitrogens with one attached hydrogen (secondary N) is 1. The van der Waals surface area contributed by atoms with Crippen LogP contribution in [0.4, 0.5) is 4.39 Å². The normalized spacial score (nSPS) is 18.6. The van der Waals surface area contributed by atoms with E-state index in [4.69, 9.17) is 4.42 Å². The van der Waals surface area contributed by atoms with E-state index >= 15 is 0 Å². The average molecular weight is 420 g/mol. The van der Waals surface area contributed by atoms with Crippen LogP contribution in [0, 0.1) is 18.7 Å². The lowest BCUT2D eigenvalue weighted by Gasteiger charge is -2.37. The smallest absolute Gasteiger partial charge is 0.253 e. The molecular formula is C25H25FN2O3. The summed E-state index contributed by atoms with van der Waals surface area (Å²) in [6.45, 7) is 2.85. The molecule has 0 bridgehead atoms. The first kappa shape index (κ1) is 20.8. The number of benzene rings is 2.